The van der Waals surface area contributed by atoms with Crippen LogP contribution in [0, 0.1) is 6.92 Å². The third-order valence-corrected chi connectivity index (χ3v) is 5.55. The Morgan fingerprint density at radius 1 is 1.32 bits per heavy atom. The number of alkyl halides is 2. The van der Waals surface area contributed by atoms with Crippen molar-refractivity contribution in [1.82, 2.24) is 24.8 Å². The fourth-order valence-electron chi connectivity index (χ4n) is 3.57. The SMILES string of the molecule is Cc1ccc(-c2noc([C@H]3CC(F)(F)CN3)n2)cc1NC(=S)c1cnc2ccccn12. The lowest BCUT2D eigenvalue weighted by Crippen LogP contribution is -2.19. The molecule has 10 heteroatoms. The number of hydrogen-bond acceptors (Lipinski definition) is 6. The van der Waals surface area contributed by atoms with Crippen LogP contribution in [-0.2, 0) is 0 Å². The van der Waals surface area contributed by atoms with Crippen LogP contribution in [0.15, 0.2) is 53.3 Å². The van der Waals surface area contributed by atoms with Gasteiger partial charge in [-0.2, -0.15) is 4.98 Å². The molecular formula is C21H18F2N6OS. The zero-order chi connectivity index (χ0) is 21.6. The van der Waals surface area contributed by atoms with Gasteiger partial charge in [-0.3, -0.25) is 9.72 Å². The summed E-state index contributed by atoms with van der Waals surface area (Å²) in [7, 11) is 0. The van der Waals surface area contributed by atoms with E-state index in [2.05, 4.69) is 25.8 Å². The Bertz CT molecular complexity index is 1280. The van der Waals surface area contributed by atoms with Crippen LogP contribution in [0.3, 0.4) is 0 Å². The molecule has 0 spiro atoms. The fraction of sp³-hybridized carbons (Fsp3) is 0.238. The molecule has 5 rings (SSSR count). The van der Waals surface area contributed by atoms with Crippen LogP contribution in [-0.4, -0.2) is 37.0 Å². The van der Waals surface area contributed by atoms with E-state index < -0.39 is 18.5 Å². The number of benzene rings is 1. The topological polar surface area (TPSA) is 80.3 Å². The summed E-state index contributed by atoms with van der Waals surface area (Å²) in [6.07, 6.45) is 3.26. The average Bonchev–Trinajstić information content (AvgIpc) is 3.47. The molecule has 0 unspecified atom stereocenters. The van der Waals surface area contributed by atoms with Crippen molar-refractivity contribution in [1.29, 1.82) is 0 Å². The highest BCUT2D eigenvalue weighted by molar-refractivity contribution is 7.81. The number of pyridine rings is 1. The predicted molar refractivity (Wildman–Crippen MR) is 115 cm³/mol. The van der Waals surface area contributed by atoms with Gasteiger partial charge in [-0.05, 0) is 30.7 Å². The second-order valence-electron chi connectivity index (χ2n) is 7.51. The number of nitrogens with one attached hydrogen (secondary N) is 2. The molecular weight excluding hydrogens is 422 g/mol. The molecule has 158 valence electrons. The number of hydrogen-bond donors (Lipinski definition) is 2. The molecule has 1 aliphatic rings. The summed E-state index contributed by atoms with van der Waals surface area (Å²) in [4.78, 5) is 9.20. The molecule has 3 aromatic heterocycles. The second kappa shape index (κ2) is 7.47. The molecule has 1 fully saturated rings. The van der Waals surface area contributed by atoms with Crippen LogP contribution in [0.4, 0.5) is 14.5 Å². The van der Waals surface area contributed by atoms with E-state index in [0.717, 1.165) is 22.6 Å². The molecule has 1 saturated heterocycles. The first kappa shape index (κ1) is 19.7. The van der Waals surface area contributed by atoms with Gasteiger partial charge in [-0.1, -0.05) is 35.6 Å². The number of aromatic nitrogens is 4. The lowest BCUT2D eigenvalue weighted by atomic mass is 10.1. The highest BCUT2D eigenvalue weighted by Crippen LogP contribution is 2.34. The van der Waals surface area contributed by atoms with E-state index in [1.807, 2.05) is 53.9 Å². The molecule has 4 heterocycles. The van der Waals surface area contributed by atoms with Crippen molar-refractivity contribution in [3.05, 3.63) is 65.9 Å². The zero-order valence-electron chi connectivity index (χ0n) is 16.5. The first-order valence-corrected chi connectivity index (χ1v) is 10.1. The van der Waals surface area contributed by atoms with Crippen LogP contribution < -0.4 is 10.6 Å². The van der Waals surface area contributed by atoms with Gasteiger partial charge in [-0.15, -0.1) is 0 Å². The summed E-state index contributed by atoms with van der Waals surface area (Å²) >= 11 is 5.60. The highest BCUT2D eigenvalue weighted by Gasteiger charge is 2.42. The monoisotopic (exact) mass is 440 g/mol. The Morgan fingerprint density at radius 3 is 3.00 bits per heavy atom. The number of rotatable bonds is 4. The van der Waals surface area contributed by atoms with E-state index in [-0.39, 0.29) is 12.3 Å². The Labute approximate surface area is 181 Å². The molecule has 7 nitrogen and oxygen atoms in total. The van der Waals surface area contributed by atoms with Crippen LogP contribution in [0.2, 0.25) is 0 Å². The van der Waals surface area contributed by atoms with Crippen molar-refractivity contribution in [3.8, 4) is 11.4 Å². The molecule has 0 bridgehead atoms. The maximum absolute atomic E-state index is 13.5. The smallest absolute Gasteiger partial charge is 0.262 e. The standard InChI is InChI=1S/C21H18F2N6OS/c1-12-5-6-13(18-27-19(30-28-18)15-9-21(22,23)11-25-15)8-14(12)26-20(31)16-10-24-17-4-2-3-7-29(16)17/h2-8,10,15,25H,9,11H2,1H3,(H,26,31)/t15-/m1/s1. The fourth-order valence-corrected chi connectivity index (χ4v) is 3.83. The van der Waals surface area contributed by atoms with Gasteiger partial charge in [0, 0.05) is 23.9 Å². The molecule has 0 saturated carbocycles. The van der Waals surface area contributed by atoms with Gasteiger partial charge in [-0.25, -0.2) is 13.8 Å². The van der Waals surface area contributed by atoms with Crippen LogP contribution in [0.25, 0.3) is 17.0 Å². The third kappa shape index (κ3) is 3.79. The molecule has 1 atom stereocenters. The lowest BCUT2D eigenvalue weighted by Gasteiger charge is -2.11. The first-order valence-electron chi connectivity index (χ1n) is 9.69. The van der Waals surface area contributed by atoms with Gasteiger partial charge in [0.1, 0.15) is 16.3 Å². The molecule has 0 radical (unpaired) electrons. The zero-order valence-corrected chi connectivity index (χ0v) is 17.3. The summed E-state index contributed by atoms with van der Waals surface area (Å²) < 4.78 is 34.1. The van der Waals surface area contributed by atoms with Crippen LogP contribution in [0.5, 0.6) is 0 Å². The Hall–Kier alpha value is -3.24. The van der Waals surface area contributed by atoms with E-state index in [1.165, 1.54) is 0 Å². The van der Waals surface area contributed by atoms with Gasteiger partial charge in [0.05, 0.1) is 18.8 Å². The summed E-state index contributed by atoms with van der Waals surface area (Å²) in [6.45, 7) is 1.56. The number of thiocarbonyl (C=S) groups is 1. The van der Waals surface area contributed by atoms with Gasteiger partial charge in [0.15, 0.2) is 0 Å². The maximum Gasteiger partial charge on any atom is 0.262 e. The van der Waals surface area contributed by atoms with Gasteiger partial charge in [0.25, 0.3) is 5.92 Å². The third-order valence-electron chi connectivity index (χ3n) is 5.24. The molecule has 0 aliphatic carbocycles. The number of nitrogens with zero attached hydrogens (tertiary/aromatic N) is 4. The Balaban J connectivity index is 1.39. The largest absolute Gasteiger partial charge is 0.345 e. The van der Waals surface area contributed by atoms with E-state index in [1.54, 1.807) is 6.20 Å². The summed E-state index contributed by atoms with van der Waals surface area (Å²) in [6, 6.07) is 10.7. The quantitative estimate of drug-likeness (QED) is 0.462. The Morgan fingerprint density at radius 2 is 2.19 bits per heavy atom. The molecule has 0 amide bonds. The maximum atomic E-state index is 13.5. The highest BCUT2D eigenvalue weighted by atomic mass is 32.1. The number of aryl methyl sites for hydroxylation is 1. The predicted octanol–water partition coefficient (Wildman–Crippen LogP) is 4.15. The minimum atomic E-state index is -2.77. The van der Waals surface area contributed by atoms with E-state index in [4.69, 9.17) is 16.7 Å². The molecule has 1 aromatic carbocycles. The van der Waals surface area contributed by atoms with Crippen molar-refractivity contribution >= 4 is 28.5 Å². The van der Waals surface area contributed by atoms with Crippen molar-refractivity contribution in [3.63, 3.8) is 0 Å². The van der Waals surface area contributed by atoms with E-state index in [0.29, 0.717) is 16.4 Å². The van der Waals surface area contributed by atoms with Crippen molar-refractivity contribution in [2.75, 3.05) is 11.9 Å². The van der Waals surface area contributed by atoms with Crippen LogP contribution >= 0.6 is 12.2 Å². The normalized spacial score (nSPS) is 17.8. The summed E-state index contributed by atoms with van der Waals surface area (Å²) in [5.41, 5.74) is 4.02. The van der Waals surface area contributed by atoms with Crippen molar-refractivity contribution in [2.24, 2.45) is 0 Å². The molecule has 31 heavy (non-hydrogen) atoms. The second-order valence-corrected chi connectivity index (χ2v) is 7.91. The minimum Gasteiger partial charge on any atom is -0.345 e. The van der Waals surface area contributed by atoms with Crippen molar-refractivity contribution < 1.29 is 13.3 Å². The summed E-state index contributed by atoms with van der Waals surface area (Å²) in [5.74, 6) is -2.28. The van der Waals surface area contributed by atoms with Gasteiger partial charge >= 0.3 is 0 Å². The van der Waals surface area contributed by atoms with Crippen LogP contribution in [0.1, 0.15) is 29.6 Å². The first-order chi connectivity index (χ1) is 14.9. The van der Waals surface area contributed by atoms with Crippen molar-refractivity contribution in [2.45, 2.75) is 25.3 Å². The number of imidazole rings is 1. The van der Waals surface area contributed by atoms with E-state index in [9.17, 15) is 8.78 Å². The number of fused-ring (bicyclic) bond motifs is 1. The van der Waals surface area contributed by atoms with Gasteiger partial charge < -0.3 is 9.84 Å². The lowest BCUT2D eigenvalue weighted by molar-refractivity contribution is 0.0200. The van der Waals surface area contributed by atoms with Gasteiger partial charge in [0.2, 0.25) is 11.7 Å². The number of anilines is 1. The minimum absolute atomic E-state index is 0.156. The van der Waals surface area contributed by atoms with E-state index >= 15 is 0 Å². The molecule has 1 aliphatic heterocycles. The summed E-state index contributed by atoms with van der Waals surface area (Å²) in [5, 5.41) is 9.96. The molecule has 2 N–H and O–H groups in total. The molecule has 4 aromatic rings. The Kier molecular flexibility index (Phi) is 4.75. The number of halogens is 2. The average molecular weight is 440 g/mol.